The quantitative estimate of drug-likeness (QED) is 0.281. The van der Waals surface area contributed by atoms with Crippen molar-refractivity contribution in [2.75, 3.05) is 14.2 Å². The topological polar surface area (TPSA) is 88.1 Å². The van der Waals surface area contributed by atoms with Gasteiger partial charge < -0.3 is 14.0 Å². The van der Waals surface area contributed by atoms with E-state index in [1.807, 2.05) is 59.2 Å². The van der Waals surface area contributed by atoms with Gasteiger partial charge in [0.1, 0.15) is 0 Å². The van der Waals surface area contributed by atoms with Gasteiger partial charge in [0.05, 0.1) is 25.5 Å². The molecule has 0 aliphatic heterocycles. The molecule has 4 aromatic rings. The molecule has 0 atom stereocenters. The van der Waals surface area contributed by atoms with Crippen LogP contribution in [0.4, 0.5) is 0 Å². The van der Waals surface area contributed by atoms with E-state index in [-0.39, 0.29) is 0 Å². The first kappa shape index (κ1) is 20.7. The number of ether oxygens (including phenoxy) is 2. The molecule has 0 amide bonds. The number of hydrogen-bond donors (Lipinski definition) is 0. The summed E-state index contributed by atoms with van der Waals surface area (Å²) in [5, 5.41) is 13.6. The largest absolute Gasteiger partial charge is 0.493 e. The van der Waals surface area contributed by atoms with Gasteiger partial charge in [0, 0.05) is 12.1 Å². The number of benzene rings is 2. The molecule has 0 unspecified atom stereocenters. The summed E-state index contributed by atoms with van der Waals surface area (Å²) in [4.78, 5) is 4.51. The average molecular weight is 436 g/mol. The minimum absolute atomic E-state index is 0.434. The fraction of sp³-hybridized carbons (Fsp3) is 0.182. The van der Waals surface area contributed by atoms with Crippen LogP contribution in [0.15, 0.2) is 70.9 Å². The van der Waals surface area contributed by atoms with Crippen LogP contribution in [0.2, 0.25) is 0 Å². The number of allylic oxidation sites excluding steroid dienone is 1. The molecular weight excluding hydrogens is 414 g/mol. The highest BCUT2D eigenvalue weighted by molar-refractivity contribution is 7.98. The Morgan fingerprint density at radius 3 is 2.65 bits per heavy atom. The third-order valence-electron chi connectivity index (χ3n) is 4.50. The summed E-state index contributed by atoms with van der Waals surface area (Å²) < 4.78 is 18.3. The molecule has 8 nitrogen and oxygen atoms in total. The molecule has 0 saturated carbocycles. The fourth-order valence-corrected chi connectivity index (χ4v) is 3.89. The lowest BCUT2D eigenvalue weighted by Gasteiger charge is -2.09. The summed E-state index contributed by atoms with van der Waals surface area (Å²) in [5.41, 5.74) is 1.69. The summed E-state index contributed by atoms with van der Waals surface area (Å²) >= 11 is 1.47. The van der Waals surface area contributed by atoms with Gasteiger partial charge in [-0.3, -0.25) is 4.57 Å². The zero-order valence-corrected chi connectivity index (χ0v) is 18.0. The second-order valence-electron chi connectivity index (χ2n) is 6.41. The van der Waals surface area contributed by atoms with Crippen molar-refractivity contribution in [2.45, 2.75) is 17.5 Å². The average Bonchev–Trinajstić information content (AvgIpc) is 3.45. The van der Waals surface area contributed by atoms with E-state index in [0.29, 0.717) is 41.1 Å². The molecule has 2 aromatic heterocycles. The van der Waals surface area contributed by atoms with Crippen molar-refractivity contribution in [3.05, 3.63) is 67.1 Å². The molecule has 0 N–H and O–H groups in total. The molecule has 0 fully saturated rings. The molecule has 31 heavy (non-hydrogen) atoms. The molecule has 2 aromatic carbocycles. The second kappa shape index (κ2) is 9.48. The first-order valence-electron chi connectivity index (χ1n) is 9.51. The van der Waals surface area contributed by atoms with Crippen LogP contribution in [-0.2, 0) is 12.3 Å². The van der Waals surface area contributed by atoms with E-state index >= 15 is 0 Å². The normalized spacial score (nSPS) is 10.8. The van der Waals surface area contributed by atoms with Crippen LogP contribution in [0.1, 0.15) is 5.89 Å². The van der Waals surface area contributed by atoms with Gasteiger partial charge >= 0.3 is 0 Å². The van der Waals surface area contributed by atoms with Crippen LogP contribution < -0.4 is 9.47 Å². The first-order chi connectivity index (χ1) is 15.2. The fourth-order valence-electron chi connectivity index (χ4n) is 3.10. The molecule has 0 spiro atoms. The molecule has 0 saturated heterocycles. The predicted molar refractivity (Wildman–Crippen MR) is 118 cm³/mol. The van der Waals surface area contributed by atoms with Crippen molar-refractivity contribution in [1.29, 1.82) is 0 Å². The zero-order chi connectivity index (χ0) is 21.6. The number of rotatable bonds is 9. The zero-order valence-electron chi connectivity index (χ0n) is 17.2. The van der Waals surface area contributed by atoms with Crippen molar-refractivity contribution >= 4 is 11.8 Å². The third-order valence-corrected chi connectivity index (χ3v) is 5.45. The van der Waals surface area contributed by atoms with Gasteiger partial charge in [-0.25, -0.2) is 0 Å². The third kappa shape index (κ3) is 4.31. The molecule has 9 heteroatoms. The molecule has 2 heterocycles. The number of aromatic nitrogens is 5. The Labute approximate surface area is 183 Å². The number of methoxy groups -OCH3 is 2. The van der Waals surface area contributed by atoms with E-state index < -0.39 is 0 Å². The molecule has 0 radical (unpaired) electrons. The smallest absolute Gasteiger partial charge is 0.237 e. The first-order valence-corrected chi connectivity index (χ1v) is 10.5. The van der Waals surface area contributed by atoms with Crippen molar-refractivity contribution in [1.82, 2.24) is 24.9 Å². The van der Waals surface area contributed by atoms with Gasteiger partial charge in [-0.05, 0) is 12.1 Å². The summed E-state index contributed by atoms with van der Waals surface area (Å²) in [7, 11) is 3.16. The molecule has 0 bridgehead atoms. The lowest BCUT2D eigenvalue weighted by Crippen LogP contribution is -2.00. The Bertz CT molecular complexity index is 1170. The van der Waals surface area contributed by atoms with Gasteiger partial charge in [0.25, 0.3) is 0 Å². The number of thioether (sulfide) groups is 1. The van der Waals surface area contributed by atoms with Crippen LogP contribution in [-0.4, -0.2) is 39.1 Å². The van der Waals surface area contributed by atoms with Gasteiger partial charge in [-0.1, -0.05) is 59.4 Å². The SMILES string of the molecule is C=CCn1c(SCc2nc(-c3cccc(OC)c3OC)no2)nnc1-c1ccccc1. The molecular formula is C22H21N5O3S. The highest BCUT2D eigenvalue weighted by atomic mass is 32.2. The Hall–Kier alpha value is -3.59. The van der Waals surface area contributed by atoms with E-state index in [4.69, 9.17) is 14.0 Å². The van der Waals surface area contributed by atoms with Gasteiger partial charge in [0.2, 0.25) is 11.7 Å². The maximum Gasteiger partial charge on any atom is 0.237 e. The predicted octanol–water partition coefficient (Wildman–Crippen LogP) is 4.49. The Morgan fingerprint density at radius 1 is 1.06 bits per heavy atom. The lowest BCUT2D eigenvalue weighted by atomic mass is 10.2. The van der Waals surface area contributed by atoms with Crippen LogP contribution in [0, 0.1) is 0 Å². The Balaban J connectivity index is 1.55. The lowest BCUT2D eigenvalue weighted by molar-refractivity contribution is 0.355. The number of para-hydroxylation sites is 1. The maximum atomic E-state index is 5.46. The van der Waals surface area contributed by atoms with Gasteiger partial charge in [-0.15, -0.1) is 16.8 Å². The van der Waals surface area contributed by atoms with E-state index in [2.05, 4.69) is 26.9 Å². The highest BCUT2D eigenvalue weighted by Crippen LogP contribution is 2.36. The summed E-state index contributed by atoms with van der Waals surface area (Å²) in [6.45, 7) is 4.44. The molecule has 0 aliphatic rings. The van der Waals surface area contributed by atoms with Crippen LogP contribution in [0.25, 0.3) is 22.8 Å². The number of nitrogens with zero attached hydrogens (tertiary/aromatic N) is 5. The van der Waals surface area contributed by atoms with E-state index in [0.717, 1.165) is 16.5 Å². The molecule has 4 rings (SSSR count). The second-order valence-corrected chi connectivity index (χ2v) is 7.36. The van der Waals surface area contributed by atoms with Crippen LogP contribution in [0.5, 0.6) is 11.5 Å². The Morgan fingerprint density at radius 2 is 1.90 bits per heavy atom. The maximum absolute atomic E-state index is 5.46. The van der Waals surface area contributed by atoms with E-state index in [1.54, 1.807) is 14.2 Å². The van der Waals surface area contributed by atoms with E-state index in [1.165, 1.54) is 11.8 Å². The molecule has 0 aliphatic carbocycles. The van der Waals surface area contributed by atoms with Crippen molar-refractivity contribution in [3.8, 4) is 34.3 Å². The van der Waals surface area contributed by atoms with Crippen molar-refractivity contribution < 1.29 is 14.0 Å². The summed E-state index contributed by atoms with van der Waals surface area (Å²) in [5.74, 6) is 3.30. The van der Waals surface area contributed by atoms with Crippen molar-refractivity contribution in [2.24, 2.45) is 0 Å². The van der Waals surface area contributed by atoms with Gasteiger partial charge in [-0.2, -0.15) is 4.98 Å². The highest BCUT2D eigenvalue weighted by Gasteiger charge is 2.18. The minimum Gasteiger partial charge on any atom is -0.493 e. The van der Waals surface area contributed by atoms with Gasteiger partial charge in [0.15, 0.2) is 22.5 Å². The summed E-state index contributed by atoms with van der Waals surface area (Å²) in [6.07, 6.45) is 1.82. The standard InChI is InChI=1S/C22H21N5O3S/c1-4-13-27-21(15-9-6-5-7-10-15)24-25-22(27)31-14-18-23-20(26-30-18)16-11-8-12-17(28-2)19(16)29-3/h4-12H,1,13-14H2,2-3H3. The summed E-state index contributed by atoms with van der Waals surface area (Å²) in [6, 6.07) is 15.4. The van der Waals surface area contributed by atoms with Crippen LogP contribution >= 0.6 is 11.8 Å². The molecule has 158 valence electrons. The van der Waals surface area contributed by atoms with Crippen molar-refractivity contribution in [3.63, 3.8) is 0 Å². The van der Waals surface area contributed by atoms with E-state index in [9.17, 15) is 0 Å². The number of hydrogen-bond acceptors (Lipinski definition) is 8. The minimum atomic E-state index is 0.434. The monoisotopic (exact) mass is 435 g/mol. The van der Waals surface area contributed by atoms with Crippen LogP contribution in [0.3, 0.4) is 0 Å². The Kier molecular flexibility index (Phi) is 6.32.